The van der Waals surface area contributed by atoms with Crippen LogP contribution in [0.5, 0.6) is 0 Å². The van der Waals surface area contributed by atoms with Gasteiger partial charge in [0, 0.05) is 25.4 Å². The number of aliphatic carboxylic acids is 1. The molecule has 0 radical (unpaired) electrons. The van der Waals surface area contributed by atoms with Gasteiger partial charge in [-0.2, -0.15) is 0 Å². The van der Waals surface area contributed by atoms with Gasteiger partial charge < -0.3 is 10.0 Å². The van der Waals surface area contributed by atoms with Crippen molar-refractivity contribution in [1.82, 2.24) is 0 Å². The number of hydrogen-bond acceptors (Lipinski definition) is 2. The van der Waals surface area contributed by atoms with Crippen molar-refractivity contribution in [3.05, 3.63) is 41.0 Å². The Morgan fingerprint density at radius 2 is 1.94 bits per heavy atom. The predicted octanol–water partition coefficient (Wildman–Crippen LogP) is 2.69. The maximum absolute atomic E-state index is 10.4. The van der Waals surface area contributed by atoms with Crippen molar-refractivity contribution in [2.24, 2.45) is 0 Å². The number of aryl methyl sites for hydroxylation is 1. The Morgan fingerprint density at radius 3 is 2.53 bits per heavy atom. The molecular weight excluding hydrogens is 214 g/mol. The molecule has 1 aromatic carbocycles. The van der Waals surface area contributed by atoms with E-state index in [9.17, 15) is 4.79 Å². The van der Waals surface area contributed by atoms with E-state index >= 15 is 0 Å². The van der Waals surface area contributed by atoms with E-state index in [1.165, 1.54) is 22.8 Å². The van der Waals surface area contributed by atoms with Gasteiger partial charge in [0.2, 0.25) is 0 Å². The van der Waals surface area contributed by atoms with Crippen LogP contribution in [0.2, 0.25) is 0 Å². The summed E-state index contributed by atoms with van der Waals surface area (Å²) >= 11 is 0. The molecule has 0 bridgehead atoms. The molecule has 0 aliphatic carbocycles. The van der Waals surface area contributed by atoms with Crippen LogP contribution in [0.4, 0.5) is 5.69 Å². The molecule has 17 heavy (non-hydrogen) atoms. The Labute approximate surface area is 102 Å². The van der Waals surface area contributed by atoms with Gasteiger partial charge in [-0.15, -0.1) is 0 Å². The van der Waals surface area contributed by atoms with E-state index in [0.717, 1.165) is 5.69 Å². The molecule has 0 saturated carbocycles. The Bertz CT molecular complexity index is 450. The average molecular weight is 233 g/mol. The van der Waals surface area contributed by atoms with Crippen LogP contribution in [0.3, 0.4) is 0 Å². The summed E-state index contributed by atoms with van der Waals surface area (Å²) in [4.78, 5) is 12.4. The molecule has 0 spiro atoms. The second-order valence-electron chi connectivity index (χ2n) is 4.27. The molecule has 0 aromatic heterocycles. The average Bonchev–Trinajstić information content (AvgIpc) is 2.25. The van der Waals surface area contributed by atoms with Crippen molar-refractivity contribution in [3.8, 4) is 0 Å². The molecule has 3 nitrogen and oxygen atoms in total. The predicted molar refractivity (Wildman–Crippen MR) is 70.7 cm³/mol. The van der Waals surface area contributed by atoms with Crippen molar-refractivity contribution >= 4 is 11.7 Å². The van der Waals surface area contributed by atoms with Crippen LogP contribution >= 0.6 is 0 Å². The number of benzene rings is 1. The first-order chi connectivity index (χ1) is 7.93. The van der Waals surface area contributed by atoms with Crippen molar-refractivity contribution in [2.45, 2.75) is 20.8 Å². The quantitative estimate of drug-likeness (QED) is 0.813. The summed E-state index contributed by atoms with van der Waals surface area (Å²) in [7, 11) is 1.96. The number of carboxylic acids is 1. The van der Waals surface area contributed by atoms with Crippen molar-refractivity contribution < 1.29 is 9.90 Å². The summed E-state index contributed by atoms with van der Waals surface area (Å²) in [5, 5.41) is 8.53. The Kier molecular flexibility index (Phi) is 4.32. The molecule has 1 rings (SSSR count). The van der Waals surface area contributed by atoms with Gasteiger partial charge in [-0.3, -0.25) is 0 Å². The first-order valence-electron chi connectivity index (χ1n) is 5.61. The van der Waals surface area contributed by atoms with Crippen LogP contribution < -0.4 is 4.90 Å². The van der Waals surface area contributed by atoms with Crippen LogP contribution in [0.1, 0.15) is 16.7 Å². The normalized spacial score (nSPS) is 10.8. The molecule has 0 fully saturated rings. The molecule has 0 unspecified atom stereocenters. The molecular formula is C14H19NO2. The topological polar surface area (TPSA) is 40.5 Å². The van der Waals surface area contributed by atoms with E-state index in [4.69, 9.17) is 5.11 Å². The van der Waals surface area contributed by atoms with Gasteiger partial charge in [0.1, 0.15) is 0 Å². The molecule has 0 aliphatic heterocycles. The number of likely N-dealkylation sites (N-methyl/N-ethyl adjacent to an activating group) is 1. The summed E-state index contributed by atoms with van der Waals surface area (Å²) in [6.07, 6.45) is 2.82. The Hall–Kier alpha value is -1.77. The highest BCUT2D eigenvalue weighted by Crippen LogP contribution is 2.24. The van der Waals surface area contributed by atoms with E-state index < -0.39 is 5.97 Å². The van der Waals surface area contributed by atoms with E-state index in [0.29, 0.717) is 6.54 Å². The van der Waals surface area contributed by atoms with Crippen LogP contribution in [-0.4, -0.2) is 24.7 Å². The molecule has 1 aromatic rings. The third-order valence-corrected chi connectivity index (χ3v) is 3.08. The monoisotopic (exact) mass is 233 g/mol. The van der Waals surface area contributed by atoms with Crippen LogP contribution in [0, 0.1) is 20.8 Å². The van der Waals surface area contributed by atoms with Gasteiger partial charge in [0.25, 0.3) is 0 Å². The smallest absolute Gasteiger partial charge is 0.328 e. The summed E-state index contributed by atoms with van der Waals surface area (Å²) < 4.78 is 0. The maximum atomic E-state index is 10.4. The Morgan fingerprint density at radius 1 is 1.29 bits per heavy atom. The van der Waals surface area contributed by atoms with Crippen molar-refractivity contribution in [2.75, 3.05) is 18.5 Å². The van der Waals surface area contributed by atoms with Crippen molar-refractivity contribution in [1.29, 1.82) is 0 Å². The fraction of sp³-hybridized carbons (Fsp3) is 0.357. The summed E-state index contributed by atoms with van der Waals surface area (Å²) in [6, 6.07) is 4.17. The third kappa shape index (κ3) is 3.34. The maximum Gasteiger partial charge on any atom is 0.328 e. The van der Waals surface area contributed by atoms with Crippen molar-refractivity contribution in [3.63, 3.8) is 0 Å². The minimum atomic E-state index is -0.907. The highest BCUT2D eigenvalue weighted by atomic mass is 16.4. The molecule has 0 atom stereocenters. The lowest BCUT2D eigenvalue weighted by molar-refractivity contribution is -0.131. The van der Waals surface area contributed by atoms with E-state index in [-0.39, 0.29) is 0 Å². The molecule has 0 heterocycles. The van der Waals surface area contributed by atoms with E-state index in [1.54, 1.807) is 6.08 Å². The minimum absolute atomic E-state index is 0.593. The summed E-state index contributed by atoms with van der Waals surface area (Å²) in [6.45, 7) is 6.89. The number of carboxylic acid groups (broad SMARTS) is 1. The number of rotatable bonds is 4. The number of carbonyl (C=O) groups is 1. The molecule has 3 heteroatoms. The molecule has 0 aliphatic rings. The number of nitrogens with zero attached hydrogens (tertiary/aromatic N) is 1. The Balaban J connectivity index is 2.86. The minimum Gasteiger partial charge on any atom is -0.478 e. The molecule has 0 amide bonds. The molecule has 1 N–H and O–H groups in total. The van der Waals surface area contributed by atoms with Crippen LogP contribution in [0.15, 0.2) is 24.3 Å². The van der Waals surface area contributed by atoms with Gasteiger partial charge in [-0.05, 0) is 43.5 Å². The highest BCUT2D eigenvalue weighted by Gasteiger charge is 2.06. The lowest BCUT2D eigenvalue weighted by atomic mass is 10.0. The second kappa shape index (κ2) is 5.53. The molecule has 0 saturated heterocycles. The second-order valence-corrected chi connectivity index (χ2v) is 4.27. The lowest BCUT2D eigenvalue weighted by Crippen LogP contribution is -2.18. The van der Waals surface area contributed by atoms with Gasteiger partial charge in [0.15, 0.2) is 0 Å². The van der Waals surface area contributed by atoms with Gasteiger partial charge in [0.05, 0.1) is 0 Å². The molecule has 92 valence electrons. The SMILES string of the molecule is Cc1ccc(N(C)C/C=C/C(=O)O)c(C)c1C. The largest absolute Gasteiger partial charge is 0.478 e. The fourth-order valence-electron chi connectivity index (χ4n) is 1.77. The summed E-state index contributed by atoms with van der Waals surface area (Å²) in [5.41, 5.74) is 4.96. The first kappa shape index (κ1) is 13.3. The van der Waals surface area contributed by atoms with Gasteiger partial charge >= 0.3 is 5.97 Å². The first-order valence-corrected chi connectivity index (χ1v) is 5.61. The van der Waals surface area contributed by atoms with E-state index in [1.807, 2.05) is 11.9 Å². The zero-order chi connectivity index (χ0) is 13.0. The third-order valence-electron chi connectivity index (χ3n) is 3.08. The highest BCUT2D eigenvalue weighted by molar-refractivity contribution is 5.79. The zero-order valence-electron chi connectivity index (χ0n) is 10.8. The lowest BCUT2D eigenvalue weighted by Gasteiger charge is -2.21. The van der Waals surface area contributed by atoms with E-state index in [2.05, 4.69) is 32.9 Å². The van der Waals surface area contributed by atoms with Crippen LogP contribution in [-0.2, 0) is 4.79 Å². The number of hydrogen-bond donors (Lipinski definition) is 1. The van der Waals surface area contributed by atoms with Gasteiger partial charge in [-0.1, -0.05) is 12.1 Å². The standard InChI is InChI=1S/C14H19NO2/c1-10-7-8-13(12(3)11(10)2)15(4)9-5-6-14(16)17/h5-8H,9H2,1-4H3,(H,16,17)/b6-5+. The van der Waals surface area contributed by atoms with Crippen LogP contribution in [0.25, 0.3) is 0 Å². The number of anilines is 1. The fourth-order valence-corrected chi connectivity index (χ4v) is 1.77. The summed E-state index contributed by atoms with van der Waals surface area (Å²) in [5.74, 6) is -0.907. The van der Waals surface area contributed by atoms with Gasteiger partial charge in [-0.25, -0.2) is 4.79 Å². The zero-order valence-corrected chi connectivity index (χ0v) is 10.8.